The number of piperazine rings is 1. The van der Waals surface area contributed by atoms with E-state index in [1.165, 1.54) is 6.07 Å². The van der Waals surface area contributed by atoms with E-state index in [0.29, 0.717) is 13.1 Å². The highest BCUT2D eigenvalue weighted by Crippen LogP contribution is 2.23. The highest BCUT2D eigenvalue weighted by molar-refractivity contribution is 6.39. The number of carbonyl (C=O) groups excluding carboxylic acids is 2. The summed E-state index contributed by atoms with van der Waals surface area (Å²) in [5, 5.41) is 12.2. The number of benzene rings is 1. The second-order valence-electron chi connectivity index (χ2n) is 5.20. The average Bonchev–Trinajstić information content (AvgIpc) is 2.50. The number of nitrogens with zero attached hydrogens (tertiary/aromatic N) is 2. The summed E-state index contributed by atoms with van der Waals surface area (Å²) >= 11 is 0. The number of phenolic OH excluding ortho intramolecular Hbond substituents is 1. The van der Waals surface area contributed by atoms with Gasteiger partial charge in [-0.3, -0.25) is 9.59 Å². The van der Waals surface area contributed by atoms with Crippen molar-refractivity contribution >= 4 is 17.5 Å². The number of amides is 2. The molecule has 0 unspecified atom stereocenters. The Balaban J connectivity index is 1.97. The van der Waals surface area contributed by atoms with Crippen molar-refractivity contribution in [3.8, 4) is 5.75 Å². The van der Waals surface area contributed by atoms with E-state index in [2.05, 4.69) is 17.1 Å². The molecule has 2 amide bonds. The maximum Gasteiger partial charge on any atom is 0.314 e. The zero-order valence-corrected chi connectivity index (χ0v) is 12.4. The van der Waals surface area contributed by atoms with Crippen molar-refractivity contribution in [2.24, 2.45) is 0 Å². The van der Waals surface area contributed by atoms with Gasteiger partial charge in [-0.05, 0) is 31.2 Å². The van der Waals surface area contributed by atoms with Crippen LogP contribution in [0.4, 0.5) is 5.69 Å². The normalized spacial score (nSPS) is 15.8. The van der Waals surface area contributed by atoms with Crippen molar-refractivity contribution < 1.29 is 14.7 Å². The second kappa shape index (κ2) is 6.58. The Hall–Kier alpha value is -2.08. The first-order chi connectivity index (χ1) is 10.0. The molecule has 6 heteroatoms. The van der Waals surface area contributed by atoms with Gasteiger partial charge < -0.3 is 20.2 Å². The number of rotatable bonds is 2. The molecule has 0 aromatic heterocycles. The highest BCUT2D eigenvalue weighted by Gasteiger charge is 2.25. The molecule has 0 saturated carbocycles. The Bertz CT molecular complexity index is 537. The largest absolute Gasteiger partial charge is 0.506 e. The van der Waals surface area contributed by atoms with Crippen molar-refractivity contribution in [2.75, 3.05) is 38.0 Å². The Morgan fingerprint density at radius 2 is 1.90 bits per heavy atom. The lowest BCUT2D eigenvalue weighted by Gasteiger charge is -2.33. The molecule has 1 aromatic rings. The zero-order valence-electron chi connectivity index (χ0n) is 12.4. The lowest BCUT2D eigenvalue weighted by Crippen LogP contribution is -2.51. The van der Waals surface area contributed by atoms with Crippen LogP contribution in [0.3, 0.4) is 0 Å². The molecule has 1 fully saturated rings. The lowest BCUT2D eigenvalue weighted by molar-refractivity contribution is -0.144. The Morgan fingerprint density at radius 1 is 1.24 bits per heavy atom. The third kappa shape index (κ3) is 3.72. The van der Waals surface area contributed by atoms with Gasteiger partial charge in [0.25, 0.3) is 0 Å². The highest BCUT2D eigenvalue weighted by atomic mass is 16.3. The molecule has 1 heterocycles. The minimum absolute atomic E-state index is 0.0439. The first kappa shape index (κ1) is 15.3. The molecule has 0 aliphatic carbocycles. The topological polar surface area (TPSA) is 72.9 Å². The summed E-state index contributed by atoms with van der Waals surface area (Å²) in [6.07, 6.45) is 0. The quantitative estimate of drug-likeness (QED) is 0.624. The molecule has 0 radical (unpaired) electrons. The maximum absolute atomic E-state index is 12.1. The van der Waals surface area contributed by atoms with E-state index in [1.54, 1.807) is 17.0 Å². The number of phenols is 1. The van der Waals surface area contributed by atoms with Crippen LogP contribution in [0.1, 0.15) is 12.5 Å². The predicted octanol–water partition coefficient (Wildman–Crippen LogP) is 0.803. The summed E-state index contributed by atoms with van der Waals surface area (Å²) in [5.41, 5.74) is 1.16. The first-order valence-corrected chi connectivity index (χ1v) is 7.13. The summed E-state index contributed by atoms with van der Waals surface area (Å²) in [6.45, 7) is 7.55. The fourth-order valence-corrected chi connectivity index (χ4v) is 2.34. The van der Waals surface area contributed by atoms with E-state index < -0.39 is 11.8 Å². The standard InChI is InChI=1S/C15H21N3O3/c1-3-17-6-8-18(9-7-17)15(21)14(20)16-12-10-11(2)4-5-13(12)19/h4-5,10,19H,3,6-9H2,1-2H3,(H,16,20). The molecule has 21 heavy (non-hydrogen) atoms. The van der Waals surface area contributed by atoms with Crippen LogP contribution < -0.4 is 5.32 Å². The van der Waals surface area contributed by atoms with E-state index in [9.17, 15) is 14.7 Å². The predicted molar refractivity (Wildman–Crippen MR) is 80.2 cm³/mol. The molecule has 0 atom stereocenters. The van der Waals surface area contributed by atoms with Gasteiger partial charge in [-0.1, -0.05) is 13.0 Å². The zero-order chi connectivity index (χ0) is 15.4. The van der Waals surface area contributed by atoms with Gasteiger partial charge in [0, 0.05) is 26.2 Å². The Morgan fingerprint density at radius 3 is 2.52 bits per heavy atom. The molecule has 1 aliphatic heterocycles. The minimum atomic E-state index is -0.708. The summed E-state index contributed by atoms with van der Waals surface area (Å²) in [7, 11) is 0. The van der Waals surface area contributed by atoms with Crippen molar-refractivity contribution in [3.05, 3.63) is 23.8 Å². The number of carbonyl (C=O) groups is 2. The van der Waals surface area contributed by atoms with Crippen LogP contribution in [0, 0.1) is 6.92 Å². The molecule has 114 valence electrons. The maximum atomic E-state index is 12.1. The Kier molecular flexibility index (Phi) is 4.80. The van der Waals surface area contributed by atoms with Gasteiger partial charge in [-0.15, -0.1) is 0 Å². The third-order valence-electron chi connectivity index (χ3n) is 3.70. The smallest absolute Gasteiger partial charge is 0.314 e. The van der Waals surface area contributed by atoms with Gasteiger partial charge in [-0.2, -0.15) is 0 Å². The van der Waals surface area contributed by atoms with Gasteiger partial charge in [0.15, 0.2) is 0 Å². The van der Waals surface area contributed by atoms with E-state index >= 15 is 0 Å². The molecule has 0 bridgehead atoms. The molecule has 1 aromatic carbocycles. The van der Waals surface area contributed by atoms with E-state index in [0.717, 1.165) is 25.2 Å². The summed E-state index contributed by atoms with van der Waals surface area (Å²) in [5.74, 6) is -1.30. The van der Waals surface area contributed by atoms with Crippen molar-refractivity contribution in [2.45, 2.75) is 13.8 Å². The van der Waals surface area contributed by atoms with Crippen LogP contribution in [0.25, 0.3) is 0 Å². The molecule has 2 N–H and O–H groups in total. The average molecular weight is 291 g/mol. The minimum Gasteiger partial charge on any atom is -0.506 e. The van der Waals surface area contributed by atoms with E-state index in [4.69, 9.17) is 0 Å². The summed E-state index contributed by atoms with van der Waals surface area (Å²) < 4.78 is 0. The first-order valence-electron chi connectivity index (χ1n) is 7.13. The third-order valence-corrected chi connectivity index (χ3v) is 3.70. The summed E-state index contributed by atoms with van der Waals surface area (Å²) in [4.78, 5) is 27.9. The van der Waals surface area contributed by atoms with E-state index in [-0.39, 0.29) is 11.4 Å². The number of aromatic hydroxyl groups is 1. The van der Waals surface area contributed by atoms with Gasteiger partial charge in [0.2, 0.25) is 0 Å². The molecule has 2 rings (SSSR count). The van der Waals surface area contributed by atoms with Crippen molar-refractivity contribution in [1.29, 1.82) is 0 Å². The van der Waals surface area contributed by atoms with Crippen LogP contribution in [0.15, 0.2) is 18.2 Å². The molecule has 0 spiro atoms. The lowest BCUT2D eigenvalue weighted by atomic mass is 10.2. The van der Waals surface area contributed by atoms with Gasteiger partial charge in [0.1, 0.15) is 5.75 Å². The fourth-order valence-electron chi connectivity index (χ4n) is 2.34. The number of hydrogen-bond acceptors (Lipinski definition) is 4. The number of nitrogens with one attached hydrogen (secondary N) is 1. The monoisotopic (exact) mass is 291 g/mol. The molecular weight excluding hydrogens is 270 g/mol. The molecule has 1 saturated heterocycles. The second-order valence-corrected chi connectivity index (χ2v) is 5.20. The number of aryl methyl sites for hydroxylation is 1. The van der Waals surface area contributed by atoms with Crippen LogP contribution in [0.2, 0.25) is 0 Å². The van der Waals surface area contributed by atoms with Gasteiger partial charge >= 0.3 is 11.8 Å². The molecule has 6 nitrogen and oxygen atoms in total. The van der Waals surface area contributed by atoms with Gasteiger partial charge in [0.05, 0.1) is 5.69 Å². The number of anilines is 1. The number of likely N-dealkylation sites (N-methyl/N-ethyl adjacent to an activating group) is 1. The van der Waals surface area contributed by atoms with Crippen LogP contribution >= 0.6 is 0 Å². The SMILES string of the molecule is CCN1CCN(C(=O)C(=O)Nc2cc(C)ccc2O)CC1. The van der Waals surface area contributed by atoms with Crippen LogP contribution in [0.5, 0.6) is 5.75 Å². The van der Waals surface area contributed by atoms with Gasteiger partial charge in [-0.25, -0.2) is 0 Å². The van der Waals surface area contributed by atoms with Crippen molar-refractivity contribution in [3.63, 3.8) is 0 Å². The number of hydrogen-bond donors (Lipinski definition) is 2. The molecule has 1 aliphatic rings. The van der Waals surface area contributed by atoms with Crippen LogP contribution in [-0.4, -0.2) is 59.4 Å². The Labute approximate surface area is 124 Å². The fraction of sp³-hybridized carbons (Fsp3) is 0.467. The van der Waals surface area contributed by atoms with E-state index in [1.807, 2.05) is 6.92 Å². The van der Waals surface area contributed by atoms with Crippen LogP contribution in [-0.2, 0) is 9.59 Å². The van der Waals surface area contributed by atoms with Crippen molar-refractivity contribution in [1.82, 2.24) is 9.80 Å². The molecular formula is C15H21N3O3. The summed E-state index contributed by atoms with van der Waals surface area (Å²) in [6, 6.07) is 4.86.